The first-order valence-electron chi connectivity index (χ1n) is 8.48. The van der Waals surface area contributed by atoms with Crippen LogP contribution >= 0.6 is 0 Å². The van der Waals surface area contributed by atoms with E-state index in [-0.39, 0.29) is 5.91 Å². The zero-order valence-electron chi connectivity index (χ0n) is 14.1. The number of hydrogen-bond acceptors (Lipinski definition) is 4. The molecule has 6 heteroatoms. The van der Waals surface area contributed by atoms with Gasteiger partial charge in [0.05, 0.1) is 12.8 Å². The molecule has 1 amide bonds. The molecule has 1 saturated heterocycles. The number of carbonyl (C=O) groups is 1. The first kappa shape index (κ1) is 16.6. The number of amides is 1. The van der Waals surface area contributed by atoms with Crippen molar-refractivity contribution in [2.75, 3.05) is 26.8 Å². The minimum atomic E-state index is -0.0251. The van der Waals surface area contributed by atoms with Crippen molar-refractivity contribution < 1.29 is 9.53 Å². The maximum Gasteiger partial charge on any atom is 0.276 e. The summed E-state index contributed by atoms with van der Waals surface area (Å²) in [5.74, 6) is 0.405. The monoisotopic (exact) mass is 328 g/mol. The fourth-order valence-corrected chi connectivity index (χ4v) is 3.15. The quantitative estimate of drug-likeness (QED) is 0.780. The maximum absolute atomic E-state index is 12.5. The third-order valence-corrected chi connectivity index (χ3v) is 4.43. The molecule has 6 nitrogen and oxygen atoms in total. The standard InChI is InChI=1S/C18H24N4O2/c1-24-14-16-9-11-21(12-16)18(23)17-13-22(20-19-17)10-5-8-15-6-3-2-4-7-15/h2-4,6-7,13,16H,5,8-12,14H2,1H3/t16-/m0/s1. The lowest BCUT2D eigenvalue weighted by Gasteiger charge is -2.14. The molecule has 0 spiro atoms. The van der Waals surface area contributed by atoms with Gasteiger partial charge >= 0.3 is 0 Å². The number of nitrogens with zero attached hydrogens (tertiary/aromatic N) is 4. The topological polar surface area (TPSA) is 60.2 Å². The van der Waals surface area contributed by atoms with E-state index in [4.69, 9.17) is 4.74 Å². The van der Waals surface area contributed by atoms with Crippen molar-refractivity contribution in [2.24, 2.45) is 5.92 Å². The zero-order valence-corrected chi connectivity index (χ0v) is 14.1. The minimum Gasteiger partial charge on any atom is -0.384 e. The molecule has 0 radical (unpaired) electrons. The first-order valence-corrected chi connectivity index (χ1v) is 8.48. The number of carbonyl (C=O) groups excluding carboxylic acids is 1. The second-order valence-electron chi connectivity index (χ2n) is 6.32. The molecule has 1 aliphatic heterocycles. The molecule has 0 bridgehead atoms. The second kappa shape index (κ2) is 8.06. The Morgan fingerprint density at radius 1 is 1.33 bits per heavy atom. The molecule has 1 aliphatic rings. The summed E-state index contributed by atoms with van der Waals surface area (Å²) >= 11 is 0. The highest BCUT2D eigenvalue weighted by Crippen LogP contribution is 2.18. The van der Waals surface area contributed by atoms with E-state index < -0.39 is 0 Å². The summed E-state index contributed by atoms with van der Waals surface area (Å²) in [6.07, 6.45) is 4.72. The normalized spacial score (nSPS) is 17.4. The molecule has 1 aromatic heterocycles. The van der Waals surface area contributed by atoms with Crippen molar-refractivity contribution in [2.45, 2.75) is 25.8 Å². The Hall–Kier alpha value is -2.21. The molecule has 1 atom stereocenters. The Kier molecular flexibility index (Phi) is 5.59. The van der Waals surface area contributed by atoms with E-state index in [9.17, 15) is 4.79 Å². The lowest BCUT2D eigenvalue weighted by molar-refractivity contribution is 0.0769. The molecule has 1 fully saturated rings. The highest BCUT2D eigenvalue weighted by molar-refractivity contribution is 5.92. The van der Waals surface area contributed by atoms with Gasteiger partial charge in [0.2, 0.25) is 0 Å². The molecule has 0 unspecified atom stereocenters. The van der Waals surface area contributed by atoms with Crippen LogP contribution in [0.1, 0.15) is 28.9 Å². The maximum atomic E-state index is 12.5. The number of ether oxygens (including phenoxy) is 1. The van der Waals surface area contributed by atoms with Gasteiger partial charge in [0, 0.05) is 32.7 Å². The molecule has 24 heavy (non-hydrogen) atoms. The van der Waals surface area contributed by atoms with Gasteiger partial charge in [-0.1, -0.05) is 35.5 Å². The number of aromatic nitrogens is 3. The van der Waals surface area contributed by atoms with E-state index in [1.807, 2.05) is 11.0 Å². The van der Waals surface area contributed by atoms with Crippen LogP contribution in [-0.2, 0) is 17.7 Å². The van der Waals surface area contributed by atoms with E-state index in [0.717, 1.165) is 38.9 Å². The fraction of sp³-hybridized carbons (Fsp3) is 0.500. The van der Waals surface area contributed by atoms with Gasteiger partial charge < -0.3 is 9.64 Å². The Labute approximate surface area is 142 Å². The highest BCUT2D eigenvalue weighted by Gasteiger charge is 2.28. The number of hydrogen-bond donors (Lipinski definition) is 0. The molecular weight excluding hydrogens is 304 g/mol. The third-order valence-electron chi connectivity index (χ3n) is 4.43. The van der Waals surface area contributed by atoms with Gasteiger partial charge in [-0.3, -0.25) is 9.48 Å². The molecule has 1 aromatic carbocycles. The summed E-state index contributed by atoms with van der Waals surface area (Å²) in [6.45, 7) is 2.98. The lowest BCUT2D eigenvalue weighted by atomic mass is 10.1. The number of likely N-dealkylation sites (tertiary alicyclic amines) is 1. The molecule has 0 N–H and O–H groups in total. The molecule has 128 valence electrons. The van der Waals surface area contributed by atoms with Crippen molar-refractivity contribution in [3.05, 3.63) is 47.8 Å². The van der Waals surface area contributed by atoms with Crippen LogP contribution in [0, 0.1) is 5.92 Å². The summed E-state index contributed by atoms with van der Waals surface area (Å²) < 4.78 is 6.94. The van der Waals surface area contributed by atoms with E-state index >= 15 is 0 Å². The Balaban J connectivity index is 1.49. The van der Waals surface area contributed by atoms with Crippen LogP contribution in [0.4, 0.5) is 0 Å². The summed E-state index contributed by atoms with van der Waals surface area (Å²) in [4.78, 5) is 14.3. The minimum absolute atomic E-state index is 0.0251. The van der Waals surface area contributed by atoms with Crippen LogP contribution in [0.5, 0.6) is 0 Å². The van der Waals surface area contributed by atoms with E-state index in [1.54, 1.807) is 18.0 Å². The molecule has 0 aliphatic carbocycles. The Bertz CT molecular complexity index is 656. The average molecular weight is 328 g/mol. The SMILES string of the molecule is COC[C@H]1CCN(C(=O)c2cn(CCCc3ccccc3)nn2)C1. The first-order chi connectivity index (χ1) is 11.8. The summed E-state index contributed by atoms with van der Waals surface area (Å²) in [7, 11) is 1.70. The Morgan fingerprint density at radius 2 is 2.17 bits per heavy atom. The number of methoxy groups -OCH3 is 1. The summed E-state index contributed by atoms with van der Waals surface area (Å²) in [5, 5.41) is 8.14. The molecule has 2 aromatic rings. The molecule has 3 rings (SSSR count). The predicted molar refractivity (Wildman–Crippen MR) is 90.7 cm³/mol. The highest BCUT2D eigenvalue weighted by atomic mass is 16.5. The van der Waals surface area contributed by atoms with Gasteiger partial charge in [-0.25, -0.2) is 0 Å². The Morgan fingerprint density at radius 3 is 2.96 bits per heavy atom. The van der Waals surface area contributed by atoms with Gasteiger partial charge in [0.15, 0.2) is 5.69 Å². The third kappa shape index (κ3) is 4.20. The molecule has 2 heterocycles. The van der Waals surface area contributed by atoms with Crippen LogP contribution < -0.4 is 0 Å². The summed E-state index contributed by atoms with van der Waals surface area (Å²) in [5.41, 5.74) is 1.75. The van der Waals surface area contributed by atoms with Gasteiger partial charge in [0.1, 0.15) is 0 Å². The largest absolute Gasteiger partial charge is 0.384 e. The molecule has 0 saturated carbocycles. The van der Waals surface area contributed by atoms with E-state index in [1.165, 1.54) is 5.56 Å². The van der Waals surface area contributed by atoms with Crippen molar-refractivity contribution in [1.82, 2.24) is 19.9 Å². The number of benzene rings is 1. The zero-order chi connectivity index (χ0) is 16.8. The van der Waals surface area contributed by atoms with Gasteiger partial charge in [0.25, 0.3) is 5.91 Å². The summed E-state index contributed by atoms with van der Waals surface area (Å²) in [6, 6.07) is 10.4. The van der Waals surface area contributed by atoms with E-state index in [0.29, 0.717) is 18.2 Å². The predicted octanol–water partition coefficient (Wildman–Crippen LogP) is 2.02. The van der Waals surface area contributed by atoms with Gasteiger partial charge in [-0.05, 0) is 24.8 Å². The van der Waals surface area contributed by atoms with Crippen LogP contribution in [0.25, 0.3) is 0 Å². The molecular formula is C18H24N4O2. The van der Waals surface area contributed by atoms with Crippen LogP contribution in [0.3, 0.4) is 0 Å². The van der Waals surface area contributed by atoms with Crippen molar-refractivity contribution in [3.8, 4) is 0 Å². The smallest absolute Gasteiger partial charge is 0.276 e. The van der Waals surface area contributed by atoms with Crippen LogP contribution in [0.2, 0.25) is 0 Å². The lowest BCUT2D eigenvalue weighted by Crippen LogP contribution is -2.29. The number of aryl methyl sites for hydroxylation is 2. The van der Waals surface area contributed by atoms with Gasteiger partial charge in [-0.2, -0.15) is 0 Å². The van der Waals surface area contributed by atoms with Crippen LogP contribution in [-0.4, -0.2) is 52.6 Å². The van der Waals surface area contributed by atoms with Crippen LogP contribution in [0.15, 0.2) is 36.5 Å². The second-order valence-corrected chi connectivity index (χ2v) is 6.32. The van der Waals surface area contributed by atoms with Crippen molar-refractivity contribution >= 4 is 5.91 Å². The number of rotatable bonds is 7. The van der Waals surface area contributed by atoms with Crippen molar-refractivity contribution in [3.63, 3.8) is 0 Å². The average Bonchev–Trinajstić information content (AvgIpc) is 3.25. The van der Waals surface area contributed by atoms with E-state index in [2.05, 4.69) is 34.6 Å². The van der Waals surface area contributed by atoms with Crippen molar-refractivity contribution in [1.29, 1.82) is 0 Å². The fourth-order valence-electron chi connectivity index (χ4n) is 3.15. The van der Waals surface area contributed by atoms with Gasteiger partial charge in [-0.15, -0.1) is 5.10 Å².